The minimum absolute atomic E-state index is 0.985. The van der Waals surface area contributed by atoms with Gasteiger partial charge in [-0.2, -0.15) is 0 Å². The summed E-state index contributed by atoms with van der Waals surface area (Å²) in [5, 5.41) is 2.32. The molecule has 4 rings (SSSR count). The summed E-state index contributed by atoms with van der Waals surface area (Å²) in [7, 11) is 0. The van der Waals surface area contributed by atoms with Gasteiger partial charge in [0.1, 0.15) is 5.65 Å². The van der Waals surface area contributed by atoms with Gasteiger partial charge in [-0.05, 0) is 37.6 Å². The van der Waals surface area contributed by atoms with Gasteiger partial charge in [0.25, 0.3) is 0 Å². The van der Waals surface area contributed by atoms with E-state index < -0.39 is 0 Å². The SMILES string of the molecule is Cc1cn2c3cccc(C)c3c3ncccc3c2n1. The van der Waals surface area contributed by atoms with Crippen LogP contribution in [-0.4, -0.2) is 14.4 Å². The number of imidazole rings is 1. The molecule has 19 heavy (non-hydrogen) atoms. The first-order valence-corrected chi connectivity index (χ1v) is 6.37. The van der Waals surface area contributed by atoms with E-state index in [0.29, 0.717) is 0 Å². The van der Waals surface area contributed by atoms with Crippen LogP contribution in [-0.2, 0) is 0 Å². The molecule has 92 valence electrons. The maximum atomic E-state index is 4.64. The lowest BCUT2D eigenvalue weighted by Gasteiger charge is -2.09. The van der Waals surface area contributed by atoms with Crippen LogP contribution in [0, 0.1) is 13.8 Å². The first-order valence-electron chi connectivity index (χ1n) is 6.37. The first-order chi connectivity index (χ1) is 9.25. The standard InChI is InChI=1S/C16H13N3/c1-10-5-3-7-13-14(10)15-12(6-4-8-17-15)16-18-11(2)9-19(13)16/h3-9H,1-2H3. The highest BCUT2D eigenvalue weighted by molar-refractivity contribution is 6.10. The second-order valence-electron chi connectivity index (χ2n) is 4.94. The van der Waals surface area contributed by atoms with E-state index in [0.717, 1.165) is 22.2 Å². The highest BCUT2D eigenvalue weighted by Gasteiger charge is 2.12. The molecule has 0 unspecified atom stereocenters. The van der Waals surface area contributed by atoms with Gasteiger partial charge in [0.05, 0.1) is 16.7 Å². The van der Waals surface area contributed by atoms with Crippen molar-refractivity contribution in [1.29, 1.82) is 0 Å². The molecule has 4 aromatic rings. The van der Waals surface area contributed by atoms with Gasteiger partial charge >= 0.3 is 0 Å². The third kappa shape index (κ3) is 1.32. The topological polar surface area (TPSA) is 30.2 Å². The van der Waals surface area contributed by atoms with Gasteiger partial charge in [-0.25, -0.2) is 4.98 Å². The van der Waals surface area contributed by atoms with Gasteiger partial charge in [-0.3, -0.25) is 9.38 Å². The van der Waals surface area contributed by atoms with Crippen molar-refractivity contribution in [2.75, 3.05) is 0 Å². The Morgan fingerprint density at radius 1 is 1.05 bits per heavy atom. The van der Waals surface area contributed by atoms with Crippen molar-refractivity contribution in [3.8, 4) is 0 Å². The van der Waals surface area contributed by atoms with E-state index in [4.69, 9.17) is 0 Å². The van der Waals surface area contributed by atoms with E-state index >= 15 is 0 Å². The molecular formula is C16H13N3. The fourth-order valence-corrected chi connectivity index (χ4v) is 2.82. The van der Waals surface area contributed by atoms with Gasteiger partial charge in [-0.1, -0.05) is 12.1 Å². The highest BCUT2D eigenvalue weighted by Crippen LogP contribution is 2.29. The lowest BCUT2D eigenvalue weighted by Crippen LogP contribution is -1.93. The Balaban J connectivity index is 2.47. The Morgan fingerprint density at radius 2 is 1.95 bits per heavy atom. The third-order valence-electron chi connectivity index (χ3n) is 3.62. The van der Waals surface area contributed by atoms with Crippen LogP contribution >= 0.6 is 0 Å². The van der Waals surface area contributed by atoms with Crippen LogP contribution in [0.1, 0.15) is 11.3 Å². The Labute approximate surface area is 110 Å². The zero-order valence-corrected chi connectivity index (χ0v) is 10.9. The number of nitrogens with zero attached hydrogens (tertiary/aromatic N) is 3. The molecule has 3 nitrogen and oxygen atoms in total. The van der Waals surface area contributed by atoms with Crippen molar-refractivity contribution in [3.63, 3.8) is 0 Å². The number of rotatable bonds is 0. The highest BCUT2D eigenvalue weighted by atomic mass is 15.0. The van der Waals surface area contributed by atoms with Gasteiger partial charge in [0.2, 0.25) is 0 Å². The summed E-state index contributed by atoms with van der Waals surface area (Å²) >= 11 is 0. The molecule has 0 aliphatic heterocycles. The van der Waals surface area contributed by atoms with Crippen LogP contribution in [0.15, 0.2) is 42.7 Å². The Hall–Kier alpha value is -2.42. The second-order valence-corrected chi connectivity index (χ2v) is 4.94. The molecule has 0 bridgehead atoms. The molecule has 0 fully saturated rings. The monoisotopic (exact) mass is 247 g/mol. The molecule has 0 amide bonds. The molecule has 1 aromatic carbocycles. The van der Waals surface area contributed by atoms with Crippen LogP contribution in [0.5, 0.6) is 0 Å². The normalized spacial score (nSPS) is 11.7. The molecule has 0 aliphatic carbocycles. The van der Waals surface area contributed by atoms with E-state index in [-0.39, 0.29) is 0 Å². The molecule has 0 atom stereocenters. The van der Waals surface area contributed by atoms with Gasteiger partial charge < -0.3 is 0 Å². The summed E-state index contributed by atoms with van der Waals surface area (Å²) in [5.74, 6) is 0. The maximum Gasteiger partial charge on any atom is 0.147 e. The fourth-order valence-electron chi connectivity index (χ4n) is 2.82. The minimum atomic E-state index is 0.985. The van der Waals surface area contributed by atoms with E-state index in [1.54, 1.807) is 0 Å². The first kappa shape index (κ1) is 10.5. The molecule has 0 aliphatic rings. The fraction of sp³-hybridized carbons (Fsp3) is 0.125. The average Bonchev–Trinajstić information content (AvgIpc) is 2.81. The number of fused-ring (bicyclic) bond motifs is 6. The van der Waals surface area contributed by atoms with Crippen molar-refractivity contribution < 1.29 is 0 Å². The van der Waals surface area contributed by atoms with Crippen molar-refractivity contribution in [2.24, 2.45) is 0 Å². The quantitative estimate of drug-likeness (QED) is 0.444. The van der Waals surface area contributed by atoms with Crippen LogP contribution < -0.4 is 0 Å². The number of hydrogen-bond acceptors (Lipinski definition) is 2. The summed E-state index contributed by atoms with van der Waals surface area (Å²) in [5.41, 5.74) is 5.46. The second kappa shape index (κ2) is 3.54. The van der Waals surface area contributed by atoms with E-state index in [1.165, 1.54) is 16.5 Å². The summed E-state index contributed by atoms with van der Waals surface area (Å²) in [6, 6.07) is 10.4. The minimum Gasteiger partial charge on any atom is -0.299 e. The van der Waals surface area contributed by atoms with Crippen LogP contribution in [0.2, 0.25) is 0 Å². The van der Waals surface area contributed by atoms with Crippen molar-refractivity contribution in [3.05, 3.63) is 54.0 Å². The average molecular weight is 247 g/mol. The Morgan fingerprint density at radius 3 is 2.84 bits per heavy atom. The summed E-state index contributed by atoms with van der Waals surface area (Å²) in [6.45, 7) is 4.16. The van der Waals surface area contributed by atoms with Gasteiger partial charge in [0.15, 0.2) is 0 Å². The van der Waals surface area contributed by atoms with Crippen molar-refractivity contribution in [1.82, 2.24) is 14.4 Å². The molecular weight excluding hydrogens is 234 g/mol. The molecule has 0 N–H and O–H groups in total. The molecule has 0 spiro atoms. The molecule has 3 heterocycles. The van der Waals surface area contributed by atoms with Crippen LogP contribution in [0.4, 0.5) is 0 Å². The molecule has 0 saturated carbocycles. The number of aryl methyl sites for hydroxylation is 2. The molecule has 0 radical (unpaired) electrons. The predicted molar refractivity (Wildman–Crippen MR) is 77.5 cm³/mol. The molecule has 3 aromatic heterocycles. The summed E-state index contributed by atoms with van der Waals surface area (Å²) in [4.78, 5) is 9.22. The van der Waals surface area contributed by atoms with Crippen molar-refractivity contribution in [2.45, 2.75) is 13.8 Å². The van der Waals surface area contributed by atoms with Crippen LogP contribution in [0.25, 0.3) is 27.5 Å². The van der Waals surface area contributed by atoms with E-state index in [1.807, 2.05) is 19.2 Å². The summed E-state index contributed by atoms with van der Waals surface area (Å²) in [6.07, 6.45) is 3.93. The van der Waals surface area contributed by atoms with Crippen LogP contribution in [0.3, 0.4) is 0 Å². The van der Waals surface area contributed by atoms with E-state index in [9.17, 15) is 0 Å². The van der Waals surface area contributed by atoms with Crippen molar-refractivity contribution >= 4 is 27.5 Å². The third-order valence-corrected chi connectivity index (χ3v) is 3.62. The maximum absolute atomic E-state index is 4.64. The Kier molecular flexibility index (Phi) is 1.96. The smallest absolute Gasteiger partial charge is 0.147 e. The van der Waals surface area contributed by atoms with Gasteiger partial charge in [0, 0.05) is 23.2 Å². The van der Waals surface area contributed by atoms with Gasteiger partial charge in [-0.15, -0.1) is 0 Å². The number of pyridine rings is 2. The zero-order chi connectivity index (χ0) is 13.0. The number of aromatic nitrogens is 3. The molecule has 0 saturated heterocycles. The Bertz CT molecular complexity index is 935. The largest absolute Gasteiger partial charge is 0.299 e. The van der Waals surface area contributed by atoms with E-state index in [2.05, 4.69) is 51.8 Å². The predicted octanol–water partition coefficient (Wildman–Crippen LogP) is 3.65. The number of benzene rings is 1. The summed E-state index contributed by atoms with van der Waals surface area (Å²) < 4.78 is 2.17. The molecule has 3 heteroatoms. The number of hydrogen-bond donors (Lipinski definition) is 0. The lowest BCUT2D eigenvalue weighted by molar-refractivity contribution is 1.25. The lowest BCUT2D eigenvalue weighted by atomic mass is 10.1. The zero-order valence-electron chi connectivity index (χ0n) is 10.9.